The Morgan fingerprint density at radius 3 is 1.30 bits per heavy atom. The predicted octanol–water partition coefficient (Wildman–Crippen LogP) is 6.31. The fourth-order valence-electron chi connectivity index (χ4n) is 2.80. The largest absolute Gasteiger partial charge is 0.379 e. The first kappa shape index (κ1) is 23.2. The van der Waals surface area contributed by atoms with Crippen LogP contribution in [0.15, 0.2) is 0 Å². The van der Waals surface area contributed by atoms with E-state index in [9.17, 15) is 0 Å². The molecule has 3 heteroatoms. The summed E-state index contributed by atoms with van der Waals surface area (Å²) in [6, 6.07) is 0. The lowest BCUT2D eigenvalue weighted by molar-refractivity contribution is 0.109. The summed E-state index contributed by atoms with van der Waals surface area (Å²) in [4.78, 5) is 0. The van der Waals surface area contributed by atoms with Gasteiger partial charge in [-0.15, -0.1) is 11.6 Å². The summed E-state index contributed by atoms with van der Waals surface area (Å²) in [6.07, 6.45) is 19.8. The molecule has 0 unspecified atom stereocenters. The molecule has 1 fully saturated rings. The van der Waals surface area contributed by atoms with Crippen molar-refractivity contribution in [3.63, 3.8) is 0 Å². The van der Waals surface area contributed by atoms with E-state index in [0.29, 0.717) is 0 Å². The van der Waals surface area contributed by atoms with Crippen molar-refractivity contribution in [2.24, 2.45) is 0 Å². The topological polar surface area (TPSA) is 21.3 Å². The molecule has 0 aromatic rings. The third-order valence-electron chi connectivity index (χ3n) is 4.33. The van der Waals surface area contributed by atoms with Gasteiger partial charge >= 0.3 is 0 Å². The highest BCUT2D eigenvalue weighted by Crippen LogP contribution is 2.12. The molecule has 1 saturated heterocycles. The molecular formula is C20H42ClNO. The Balaban J connectivity index is 0.000000664. The standard InChI is InChI=1S/C16H33Cl.C4H9NO/c1-2-3-4-5-6-7-8-9-10-11-12-13-14-15-16-17;1-3-6-4-2-5-1/h2-16H2,1H3;5H,1-4H2. The molecule has 0 amide bonds. The van der Waals surface area contributed by atoms with Crippen LogP contribution in [0, 0.1) is 0 Å². The summed E-state index contributed by atoms with van der Waals surface area (Å²) in [7, 11) is 0. The number of unbranched alkanes of at least 4 members (excludes halogenated alkanes) is 13. The van der Waals surface area contributed by atoms with E-state index >= 15 is 0 Å². The van der Waals surface area contributed by atoms with Gasteiger partial charge in [0, 0.05) is 19.0 Å². The average Bonchev–Trinajstić information content (AvgIpc) is 2.61. The number of hydrogen-bond donors (Lipinski definition) is 1. The Hall–Kier alpha value is 0.210. The molecule has 1 rings (SSSR count). The Kier molecular flexibility index (Phi) is 22.4. The molecule has 0 saturated carbocycles. The summed E-state index contributed by atoms with van der Waals surface area (Å²) >= 11 is 5.64. The van der Waals surface area contributed by atoms with Crippen molar-refractivity contribution in [1.29, 1.82) is 0 Å². The SMILES string of the molecule is C1COCCN1.CCCCCCCCCCCCCCCCCl. The van der Waals surface area contributed by atoms with Crippen LogP contribution in [0.25, 0.3) is 0 Å². The number of rotatable bonds is 14. The van der Waals surface area contributed by atoms with E-state index in [1.54, 1.807) is 0 Å². The highest BCUT2D eigenvalue weighted by molar-refractivity contribution is 6.17. The van der Waals surface area contributed by atoms with Crippen LogP contribution in [0.4, 0.5) is 0 Å². The van der Waals surface area contributed by atoms with E-state index in [0.717, 1.165) is 32.2 Å². The maximum absolute atomic E-state index is 5.64. The van der Waals surface area contributed by atoms with Crippen molar-refractivity contribution in [2.45, 2.75) is 96.8 Å². The maximum Gasteiger partial charge on any atom is 0.0591 e. The molecule has 0 radical (unpaired) electrons. The zero-order valence-electron chi connectivity index (χ0n) is 15.7. The number of halogens is 1. The highest BCUT2D eigenvalue weighted by Gasteiger charge is 1.94. The van der Waals surface area contributed by atoms with Gasteiger partial charge in [0.25, 0.3) is 0 Å². The van der Waals surface area contributed by atoms with Crippen molar-refractivity contribution in [3.05, 3.63) is 0 Å². The van der Waals surface area contributed by atoms with Gasteiger partial charge in [-0.2, -0.15) is 0 Å². The third kappa shape index (κ3) is 22.2. The minimum Gasteiger partial charge on any atom is -0.379 e. The van der Waals surface area contributed by atoms with Gasteiger partial charge < -0.3 is 10.1 Å². The second kappa shape index (κ2) is 22.2. The molecule has 1 aliphatic heterocycles. The Morgan fingerprint density at radius 1 is 0.652 bits per heavy atom. The van der Waals surface area contributed by atoms with E-state index in [4.69, 9.17) is 16.3 Å². The quantitative estimate of drug-likeness (QED) is 0.293. The normalized spacial score (nSPS) is 14.3. The van der Waals surface area contributed by atoms with Gasteiger partial charge in [-0.1, -0.05) is 90.4 Å². The highest BCUT2D eigenvalue weighted by atomic mass is 35.5. The number of ether oxygens (including phenoxy) is 1. The Labute approximate surface area is 151 Å². The Bertz CT molecular complexity index is 173. The van der Waals surface area contributed by atoms with Gasteiger partial charge in [-0.3, -0.25) is 0 Å². The first-order chi connectivity index (χ1) is 11.4. The van der Waals surface area contributed by atoms with Crippen LogP contribution in [0.3, 0.4) is 0 Å². The van der Waals surface area contributed by atoms with E-state index in [1.807, 2.05) is 0 Å². The van der Waals surface area contributed by atoms with E-state index in [-0.39, 0.29) is 0 Å². The molecule has 0 aliphatic carbocycles. The van der Waals surface area contributed by atoms with E-state index in [1.165, 1.54) is 89.9 Å². The van der Waals surface area contributed by atoms with Crippen molar-refractivity contribution in [3.8, 4) is 0 Å². The van der Waals surface area contributed by atoms with Gasteiger partial charge in [0.1, 0.15) is 0 Å². The lowest BCUT2D eigenvalue weighted by atomic mass is 10.0. The molecular weight excluding hydrogens is 306 g/mol. The van der Waals surface area contributed by atoms with Crippen LogP contribution >= 0.6 is 11.6 Å². The van der Waals surface area contributed by atoms with Gasteiger partial charge in [0.05, 0.1) is 13.2 Å². The maximum atomic E-state index is 5.64. The van der Waals surface area contributed by atoms with Gasteiger partial charge in [-0.25, -0.2) is 0 Å². The first-order valence-electron chi connectivity index (χ1n) is 10.3. The number of alkyl halides is 1. The molecule has 23 heavy (non-hydrogen) atoms. The first-order valence-corrected chi connectivity index (χ1v) is 10.8. The molecule has 1 heterocycles. The lowest BCUT2D eigenvalue weighted by Gasteiger charge is -2.10. The zero-order chi connectivity index (χ0) is 16.8. The van der Waals surface area contributed by atoms with Crippen LogP contribution < -0.4 is 5.32 Å². The third-order valence-corrected chi connectivity index (χ3v) is 4.60. The fourth-order valence-corrected chi connectivity index (χ4v) is 2.99. The monoisotopic (exact) mass is 347 g/mol. The molecule has 140 valence electrons. The molecule has 0 aromatic heterocycles. The summed E-state index contributed by atoms with van der Waals surface area (Å²) in [6.45, 7) is 6.12. The van der Waals surface area contributed by atoms with Crippen molar-refractivity contribution < 1.29 is 4.74 Å². The van der Waals surface area contributed by atoms with Crippen LogP contribution in [-0.2, 0) is 4.74 Å². The fraction of sp³-hybridized carbons (Fsp3) is 1.00. The predicted molar refractivity (Wildman–Crippen MR) is 105 cm³/mol. The van der Waals surface area contributed by atoms with E-state index in [2.05, 4.69) is 12.2 Å². The van der Waals surface area contributed by atoms with Crippen molar-refractivity contribution >= 4 is 11.6 Å². The zero-order valence-corrected chi connectivity index (χ0v) is 16.5. The van der Waals surface area contributed by atoms with Crippen LogP contribution in [0.1, 0.15) is 96.8 Å². The molecule has 1 N–H and O–H groups in total. The summed E-state index contributed by atoms with van der Waals surface area (Å²) < 4.78 is 5.01. The second-order valence-electron chi connectivity index (χ2n) is 6.65. The molecule has 0 bridgehead atoms. The van der Waals surface area contributed by atoms with Crippen molar-refractivity contribution in [1.82, 2.24) is 5.32 Å². The molecule has 2 nitrogen and oxygen atoms in total. The number of nitrogens with one attached hydrogen (secondary N) is 1. The number of morpholine rings is 1. The average molecular weight is 348 g/mol. The summed E-state index contributed by atoms with van der Waals surface area (Å²) in [5.41, 5.74) is 0. The summed E-state index contributed by atoms with van der Waals surface area (Å²) in [5.74, 6) is 0.845. The summed E-state index contributed by atoms with van der Waals surface area (Å²) in [5, 5.41) is 3.16. The lowest BCUT2D eigenvalue weighted by Crippen LogP contribution is -2.30. The number of hydrogen-bond acceptors (Lipinski definition) is 2. The molecule has 0 aromatic carbocycles. The van der Waals surface area contributed by atoms with Gasteiger partial charge in [-0.05, 0) is 6.42 Å². The van der Waals surface area contributed by atoms with E-state index < -0.39 is 0 Å². The van der Waals surface area contributed by atoms with Crippen LogP contribution in [0.2, 0.25) is 0 Å². The molecule has 1 aliphatic rings. The second-order valence-corrected chi connectivity index (χ2v) is 7.03. The molecule has 0 atom stereocenters. The minimum absolute atomic E-state index is 0.845. The van der Waals surface area contributed by atoms with Crippen LogP contribution in [-0.4, -0.2) is 32.2 Å². The minimum atomic E-state index is 0.845. The Morgan fingerprint density at radius 2 is 1.04 bits per heavy atom. The van der Waals surface area contributed by atoms with Crippen LogP contribution in [0.5, 0.6) is 0 Å². The van der Waals surface area contributed by atoms with Gasteiger partial charge in [0.15, 0.2) is 0 Å². The van der Waals surface area contributed by atoms with Crippen molar-refractivity contribution in [2.75, 3.05) is 32.2 Å². The van der Waals surface area contributed by atoms with Gasteiger partial charge in [0.2, 0.25) is 0 Å². The molecule has 0 spiro atoms. The smallest absolute Gasteiger partial charge is 0.0591 e.